The topological polar surface area (TPSA) is 40.5 Å². The highest BCUT2D eigenvalue weighted by atomic mass is 16.3. The second-order valence-corrected chi connectivity index (χ2v) is 12.5. The van der Waals surface area contributed by atoms with E-state index in [1.54, 1.807) is 0 Å². The van der Waals surface area contributed by atoms with Crippen LogP contribution in [0.5, 0.6) is 0 Å². The lowest BCUT2D eigenvalue weighted by molar-refractivity contribution is 0.0331. The molecule has 2 heteroatoms. The van der Waals surface area contributed by atoms with E-state index in [1.807, 2.05) is 53.7 Å². The second kappa shape index (κ2) is 52.0. The summed E-state index contributed by atoms with van der Waals surface area (Å²) in [5, 5.41) is 18.5. The first-order valence-electron chi connectivity index (χ1n) is 19.7. The van der Waals surface area contributed by atoms with Gasteiger partial charge in [-0.25, -0.2) is 0 Å². The quantitative estimate of drug-likeness (QED) is 0.148. The average Bonchev–Trinajstić information content (AvgIpc) is 3.73. The van der Waals surface area contributed by atoms with Crippen molar-refractivity contribution >= 4 is 0 Å². The molecule has 0 heterocycles. The van der Waals surface area contributed by atoms with Gasteiger partial charge >= 0.3 is 0 Å². The third-order valence-electron chi connectivity index (χ3n) is 6.97. The fourth-order valence-electron chi connectivity index (χ4n) is 3.98. The summed E-state index contributed by atoms with van der Waals surface area (Å²) in [4.78, 5) is 0. The van der Waals surface area contributed by atoms with Crippen molar-refractivity contribution in [2.75, 3.05) is 6.61 Å². The normalized spacial score (nSPS) is 14.4. The van der Waals surface area contributed by atoms with Gasteiger partial charge in [-0.3, -0.25) is 0 Å². The zero-order chi connectivity index (χ0) is 35.5. The van der Waals surface area contributed by atoms with E-state index >= 15 is 0 Å². The summed E-state index contributed by atoms with van der Waals surface area (Å²) in [6.07, 6.45) is 30.0. The highest BCUT2D eigenvalue weighted by molar-refractivity contribution is 4.88. The lowest BCUT2D eigenvalue weighted by atomic mass is 9.89. The Balaban J connectivity index is -0.000000106. The molecule has 44 heavy (non-hydrogen) atoms. The molecule has 2 aliphatic carbocycles. The van der Waals surface area contributed by atoms with Crippen LogP contribution < -0.4 is 0 Å². The molecule has 2 saturated carbocycles. The molecule has 0 aromatic rings. The summed E-state index contributed by atoms with van der Waals surface area (Å²) in [6, 6.07) is 0. The summed E-state index contributed by atoms with van der Waals surface area (Å²) in [5.74, 6) is 2.72. The van der Waals surface area contributed by atoms with Crippen molar-refractivity contribution in [1.82, 2.24) is 0 Å². The molecule has 0 saturated heterocycles. The maximum absolute atomic E-state index is 10.2. The van der Waals surface area contributed by atoms with Gasteiger partial charge in [0.1, 0.15) is 0 Å². The molecule has 2 aliphatic rings. The number of aliphatic hydroxyl groups is 2. The van der Waals surface area contributed by atoms with E-state index in [1.165, 1.54) is 96.3 Å². The van der Waals surface area contributed by atoms with Gasteiger partial charge in [-0.1, -0.05) is 178 Å². The number of aliphatic hydroxyl groups excluding tert-OH is 1. The molecule has 1 atom stereocenters. The Hall–Kier alpha value is -0.600. The van der Waals surface area contributed by atoms with E-state index in [-0.39, 0.29) is 0 Å². The Bertz CT molecular complexity index is 454. The lowest BCUT2D eigenvalue weighted by Crippen LogP contribution is -2.24. The van der Waals surface area contributed by atoms with E-state index in [2.05, 4.69) is 68.0 Å². The highest BCUT2D eigenvalue weighted by Gasteiger charge is 2.23. The van der Waals surface area contributed by atoms with E-state index in [0.29, 0.717) is 6.61 Å². The molecule has 2 nitrogen and oxygen atoms in total. The minimum absolute atomic E-state index is 0.310. The molecular weight excluding hydrogens is 536 g/mol. The predicted molar refractivity (Wildman–Crippen MR) is 209 cm³/mol. The molecular formula is C42H92O2. The van der Waals surface area contributed by atoms with Gasteiger partial charge in [0.15, 0.2) is 0 Å². The second-order valence-electron chi connectivity index (χ2n) is 12.5. The highest BCUT2D eigenvalue weighted by Crippen LogP contribution is 2.32. The number of unbranched alkanes of at least 4 members (excludes halogenated alkanes) is 4. The lowest BCUT2D eigenvalue weighted by Gasteiger charge is -2.24. The zero-order valence-electron chi connectivity index (χ0n) is 33.7. The third kappa shape index (κ3) is 68.5. The maximum Gasteiger partial charge on any atom is 0.0619 e. The van der Waals surface area contributed by atoms with Crippen LogP contribution in [-0.2, 0) is 0 Å². The van der Waals surface area contributed by atoms with Crippen molar-refractivity contribution in [2.24, 2.45) is 17.8 Å². The van der Waals surface area contributed by atoms with Crippen molar-refractivity contribution in [3.05, 3.63) is 24.8 Å². The van der Waals surface area contributed by atoms with E-state index < -0.39 is 5.60 Å². The molecule has 2 rings (SSSR count). The summed E-state index contributed by atoms with van der Waals surface area (Å²) in [7, 11) is 0. The van der Waals surface area contributed by atoms with Crippen molar-refractivity contribution in [3.8, 4) is 0 Å². The standard InChI is InChI=1S/C14H28O.C6H12O.C6H14.C5H8.C4H10.C3H8.2C2H6/c1-3-4-7-11-14(2,15)12-10-13-8-5-6-9-13;1-2-3-4-5-6-7;1-4-5-6(2)3;1-2-5-3-4-5;1-3-4-2;1-3-2;2*1-2/h13,15H,3-12H2,1-2H3;2-3,7H,4-6H2,1H3;6H,4-5H2,1-3H3;2,5H,1,3-4H2;3-4H2,1-2H3;3H2,1-2H3;2*1-2H3. The fraction of sp³-hybridized carbons (Fsp3) is 0.905. The summed E-state index contributed by atoms with van der Waals surface area (Å²) >= 11 is 0. The number of hydrogen-bond acceptors (Lipinski definition) is 2. The minimum Gasteiger partial charge on any atom is -0.396 e. The molecule has 0 bridgehead atoms. The molecule has 0 aliphatic heterocycles. The van der Waals surface area contributed by atoms with E-state index in [0.717, 1.165) is 43.4 Å². The van der Waals surface area contributed by atoms with Gasteiger partial charge in [-0.15, -0.1) is 6.58 Å². The van der Waals surface area contributed by atoms with Crippen molar-refractivity contribution in [1.29, 1.82) is 0 Å². The first-order valence-corrected chi connectivity index (χ1v) is 19.7. The third-order valence-corrected chi connectivity index (χ3v) is 6.97. The van der Waals surface area contributed by atoms with Crippen LogP contribution in [-0.4, -0.2) is 22.4 Å². The van der Waals surface area contributed by atoms with Crippen LogP contribution in [0.1, 0.15) is 219 Å². The Morgan fingerprint density at radius 1 is 0.773 bits per heavy atom. The van der Waals surface area contributed by atoms with Crippen molar-refractivity contribution < 1.29 is 10.2 Å². The first kappa shape index (κ1) is 55.8. The van der Waals surface area contributed by atoms with Crippen LogP contribution in [0.25, 0.3) is 0 Å². The minimum atomic E-state index is -0.391. The van der Waals surface area contributed by atoms with Gasteiger partial charge in [0.2, 0.25) is 0 Å². The smallest absolute Gasteiger partial charge is 0.0619 e. The fourth-order valence-corrected chi connectivity index (χ4v) is 3.98. The molecule has 2 N–H and O–H groups in total. The summed E-state index contributed by atoms with van der Waals surface area (Å²) < 4.78 is 0. The van der Waals surface area contributed by atoms with Gasteiger partial charge < -0.3 is 10.2 Å². The average molecular weight is 629 g/mol. The van der Waals surface area contributed by atoms with Gasteiger partial charge in [0.05, 0.1) is 5.60 Å². The number of hydrogen-bond donors (Lipinski definition) is 2. The Kier molecular flexibility index (Phi) is 65.9. The SMILES string of the molecule is C=CC1CC1.CC.CC.CC=CCCCO.CCC.CCCC.CCCC(C)C.CCCCCC(C)(O)CCC1CCCC1. The van der Waals surface area contributed by atoms with Gasteiger partial charge in [-0.2, -0.15) is 0 Å². The Morgan fingerprint density at radius 2 is 1.27 bits per heavy atom. The molecule has 272 valence electrons. The zero-order valence-corrected chi connectivity index (χ0v) is 33.7. The predicted octanol–water partition coefficient (Wildman–Crippen LogP) is 14.9. The van der Waals surface area contributed by atoms with Crippen molar-refractivity contribution in [2.45, 2.75) is 225 Å². The van der Waals surface area contributed by atoms with Crippen LogP contribution in [0.3, 0.4) is 0 Å². The largest absolute Gasteiger partial charge is 0.396 e. The monoisotopic (exact) mass is 629 g/mol. The molecule has 0 aromatic carbocycles. The summed E-state index contributed by atoms with van der Waals surface area (Å²) in [5.41, 5.74) is -0.391. The van der Waals surface area contributed by atoms with Crippen LogP contribution >= 0.6 is 0 Å². The molecule has 0 amide bonds. The maximum atomic E-state index is 10.2. The van der Waals surface area contributed by atoms with Crippen LogP contribution in [0, 0.1) is 17.8 Å². The molecule has 2 fully saturated rings. The van der Waals surface area contributed by atoms with Crippen LogP contribution in [0.4, 0.5) is 0 Å². The molecule has 0 aromatic heterocycles. The van der Waals surface area contributed by atoms with Crippen LogP contribution in [0.15, 0.2) is 24.8 Å². The van der Waals surface area contributed by atoms with E-state index in [9.17, 15) is 5.11 Å². The van der Waals surface area contributed by atoms with Crippen molar-refractivity contribution in [3.63, 3.8) is 0 Å². The van der Waals surface area contributed by atoms with Gasteiger partial charge in [0, 0.05) is 6.61 Å². The summed E-state index contributed by atoms with van der Waals surface area (Å²) in [6.45, 7) is 33.5. The van der Waals surface area contributed by atoms with Gasteiger partial charge in [-0.05, 0) is 76.5 Å². The number of rotatable bonds is 14. The Labute approximate surface area is 283 Å². The first-order chi connectivity index (χ1) is 21.1. The van der Waals surface area contributed by atoms with Gasteiger partial charge in [0.25, 0.3) is 0 Å². The molecule has 0 spiro atoms. The van der Waals surface area contributed by atoms with E-state index in [4.69, 9.17) is 5.11 Å². The molecule has 0 radical (unpaired) electrons. The van der Waals surface area contributed by atoms with Crippen LogP contribution in [0.2, 0.25) is 0 Å². The Morgan fingerprint density at radius 3 is 1.55 bits per heavy atom. The number of allylic oxidation sites excluding steroid dienone is 3. The molecule has 1 unspecified atom stereocenters.